The van der Waals surface area contributed by atoms with Gasteiger partial charge in [0, 0.05) is 24.5 Å². The molecule has 0 atom stereocenters. The Morgan fingerprint density at radius 2 is 2.05 bits per heavy atom. The first-order chi connectivity index (χ1) is 9.11. The van der Waals surface area contributed by atoms with Crippen LogP contribution in [0, 0.1) is 0 Å². The van der Waals surface area contributed by atoms with E-state index < -0.39 is 6.43 Å². The van der Waals surface area contributed by atoms with Crippen molar-refractivity contribution < 1.29 is 8.78 Å². The third-order valence-electron chi connectivity index (χ3n) is 2.92. The molecule has 2 aromatic rings. The highest BCUT2D eigenvalue weighted by Gasteiger charge is 2.14. The minimum Gasteiger partial charge on any atom is -0.354 e. The van der Waals surface area contributed by atoms with E-state index >= 15 is 0 Å². The number of hydrogen-bond donors (Lipinski definition) is 1. The van der Waals surface area contributed by atoms with Crippen LogP contribution in [0.15, 0.2) is 30.3 Å². The van der Waals surface area contributed by atoms with E-state index in [1.54, 1.807) is 7.05 Å². The average molecular weight is 265 g/mol. The lowest BCUT2D eigenvalue weighted by molar-refractivity contribution is 0.156. The molecule has 0 fully saturated rings. The molecule has 0 aliphatic heterocycles. The van der Waals surface area contributed by atoms with E-state index in [4.69, 9.17) is 0 Å². The zero-order valence-electron chi connectivity index (χ0n) is 11.0. The standard InChI is InChI=1S/C14H17F2N3/c1-17-8-11-7-10-5-3-4-6-12(10)18-14(11)19(2)9-13(15)16/h3-7,13,17H,8-9H2,1-2H3. The van der Waals surface area contributed by atoms with Gasteiger partial charge in [-0.05, 0) is 19.2 Å². The second-order valence-corrected chi connectivity index (χ2v) is 4.47. The molecule has 0 aliphatic carbocycles. The summed E-state index contributed by atoms with van der Waals surface area (Å²) in [6.07, 6.45) is -2.37. The Bertz CT molecular complexity index is 557. The van der Waals surface area contributed by atoms with Gasteiger partial charge in [-0.25, -0.2) is 13.8 Å². The first kappa shape index (κ1) is 13.7. The lowest BCUT2D eigenvalue weighted by Gasteiger charge is -2.21. The summed E-state index contributed by atoms with van der Waals surface area (Å²) in [4.78, 5) is 6.00. The van der Waals surface area contributed by atoms with E-state index in [0.29, 0.717) is 12.4 Å². The van der Waals surface area contributed by atoms with Crippen LogP contribution in [-0.2, 0) is 6.54 Å². The Balaban J connectivity index is 2.46. The molecule has 1 aromatic carbocycles. The van der Waals surface area contributed by atoms with Crippen LogP contribution in [0.25, 0.3) is 10.9 Å². The Morgan fingerprint density at radius 1 is 1.32 bits per heavy atom. The maximum atomic E-state index is 12.5. The van der Waals surface area contributed by atoms with Crippen molar-refractivity contribution in [3.05, 3.63) is 35.9 Å². The fourth-order valence-corrected chi connectivity index (χ4v) is 2.09. The molecule has 0 saturated heterocycles. The number of fused-ring (bicyclic) bond motifs is 1. The third kappa shape index (κ3) is 3.17. The van der Waals surface area contributed by atoms with Gasteiger partial charge in [0.05, 0.1) is 12.1 Å². The number of halogens is 2. The number of nitrogens with one attached hydrogen (secondary N) is 1. The second kappa shape index (κ2) is 5.93. The van der Waals surface area contributed by atoms with Crippen LogP contribution < -0.4 is 10.2 Å². The number of para-hydroxylation sites is 1. The predicted octanol–water partition coefficient (Wildman–Crippen LogP) is 2.66. The fourth-order valence-electron chi connectivity index (χ4n) is 2.09. The lowest BCUT2D eigenvalue weighted by Crippen LogP contribution is -2.26. The number of hydrogen-bond acceptors (Lipinski definition) is 3. The normalized spacial score (nSPS) is 11.2. The molecule has 0 radical (unpaired) electrons. The molecule has 0 spiro atoms. The number of aromatic nitrogens is 1. The predicted molar refractivity (Wildman–Crippen MR) is 73.8 cm³/mol. The Labute approximate surface area is 111 Å². The van der Waals surface area contributed by atoms with Gasteiger partial charge in [-0.2, -0.15) is 0 Å². The van der Waals surface area contributed by atoms with Crippen molar-refractivity contribution in [1.29, 1.82) is 0 Å². The molecule has 1 heterocycles. The quantitative estimate of drug-likeness (QED) is 0.901. The van der Waals surface area contributed by atoms with Crippen molar-refractivity contribution in [3.63, 3.8) is 0 Å². The summed E-state index contributed by atoms with van der Waals surface area (Å²) in [7, 11) is 3.47. The smallest absolute Gasteiger partial charge is 0.255 e. The van der Waals surface area contributed by atoms with Crippen LogP contribution in [0.5, 0.6) is 0 Å². The molecule has 0 bridgehead atoms. The van der Waals surface area contributed by atoms with Crippen molar-refractivity contribution in [1.82, 2.24) is 10.3 Å². The molecule has 102 valence electrons. The highest BCUT2D eigenvalue weighted by molar-refractivity contribution is 5.81. The highest BCUT2D eigenvalue weighted by Crippen LogP contribution is 2.23. The Hall–Kier alpha value is -1.75. The summed E-state index contributed by atoms with van der Waals surface area (Å²) < 4.78 is 25.0. The zero-order valence-corrected chi connectivity index (χ0v) is 11.0. The van der Waals surface area contributed by atoms with Gasteiger partial charge in [-0.1, -0.05) is 18.2 Å². The van der Waals surface area contributed by atoms with Gasteiger partial charge >= 0.3 is 0 Å². The molecule has 0 aliphatic rings. The van der Waals surface area contributed by atoms with E-state index in [9.17, 15) is 8.78 Å². The van der Waals surface area contributed by atoms with Gasteiger partial charge in [0.2, 0.25) is 0 Å². The van der Waals surface area contributed by atoms with Crippen LogP contribution in [0.4, 0.5) is 14.6 Å². The molecular weight excluding hydrogens is 248 g/mol. The molecule has 19 heavy (non-hydrogen) atoms. The number of benzene rings is 1. The highest BCUT2D eigenvalue weighted by atomic mass is 19.3. The van der Waals surface area contributed by atoms with Crippen LogP contribution in [0.1, 0.15) is 5.56 Å². The largest absolute Gasteiger partial charge is 0.354 e. The summed E-state index contributed by atoms with van der Waals surface area (Å²) in [6.45, 7) is 0.281. The van der Waals surface area contributed by atoms with Crippen molar-refractivity contribution in [2.75, 3.05) is 25.5 Å². The van der Waals surface area contributed by atoms with Crippen LogP contribution >= 0.6 is 0 Å². The van der Waals surface area contributed by atoms with Gasteiger partial charge in [0.1, 0.15) is 5.82 Å². The van der Waals surface area contributed by atoms with Gasteiger partial charge in [0.15, 0.2) is 0 Å². The number of pyridine rings is 1. The lowest BCUT2D eigenvalue weighted by atomic mass is 10.1. The summed E-state index contributed by atoms with van der Waals surface area (Å²) in [6, 6.07) is 9.69. The van der Waals surface area contributed by atoms with Crippen LogP contribution in [-0.4, -0.2) is 32.0 Å². The molecule has 3 nitrogen and oxygen atoms in total. The monoisotopic (exact) mass is 265 g/mol. The molecule has 1 N–H and O–H groups in total. The number of alkyl halides is 2. The first-order valence-electron chi connectivity index (χ1n) is 6.14. The van der Waals surface area contributed by atoms with Crippen molar-refractivity contribution >= 4 is 16.7 Å². The number of rotatable bonds is 5. The van der Waals surface area contributed by atoms with Crippen LogP contribution in [0.2, 0.25) is 0 Å². The maximum Gasteiger partial charge on any atom is 0.255 e. The molecule has 0 saturated carbocycles. The number of anilines is 1. The summed E-state index contributed by atoms with van der Waals surface area (Å²) in [5, 5.41) is 4.06. The van der Waals surface area contributed by atoms with Crippen molar-refractivity contribution in [2.24, 2.45) is 0 Å². The first-order valence-corrected chi connectivity index (χ1v) is 6.14. The topological polar surface area (TPSA) is 28.2 Å². The minimum atomic E-state index is -2.37. The second-order valence-electron chi connectivity index (χ2n) is 4.47. The van der Waals surface area contributed by atoms with E-state index in [1.807, 2.05) is 37.4 Å². The van der Waals surface area contributed by atoms with E-state index in [1.165, 1.54) is 4.90 Å². The minimum absolute atomic E-state index is 0.317. The Morgan fingerprint density at radius 3 is 2.74 bits per heavy atom. The SMILES string of the molecule is CNCc1cc2ccccc2nc1N(C)CC(F)F. The molecule has 1 aromatic heterocycles. The van der Waals surface area contributed by atoms with Gasteiger partial charge in [0.25, 0.3) is 6.43 Å². The fraction of sp³-hybridized carbons (Fsp3) is 0.357. The van der Waals surface area contributed by atoms with E-state index in [-0.39, 0.29) is 6.54 Å². The molecule has 5 heteroatoms. The van der Waals surface area contributed by atoms with Crippen LogP contribution in [0.3, 0.4) is 0 Å². The van der Waals surface area contributed by atoms with E-state index in [2.05, 4.69) is 10.3 Å². The third-order valence-corrected chi connectivity index (χ3v) is 2.92. The van der Waals surface area contributed by atoms with Gasteiger partial charge < -0.3 is 10.2 Å². The maximum absolute atomic E-state index is 12.5. The summed E-state index contributed by atoms with van der Waals surface area (Å²) in [5.41, 5.74) is 1.74. The Kier molecular flexibility index (Phi) is 4.27. The summed E-state index contributed by atoms with van der Waals surface area (Å²) in [5.74, 6) is 0.605. The van der Waals surface area contributed by atoms with Gasteiger partial charge in [-0.15, -0.1) is 0 Å². The summed E-state index contributed by atoms with van der Waals surface area (Å²) >= 11 is 0. The molecule has 0 unspecified atom stereocenters. The molecule has 0 amide bonds. The zero-order chi connectivity index (χ0) is 13.8. The molecular formula is C14H17F2N3. The van der Waals surface area contributed by atoms with Crippen molar-refractivity contribution in [3.8, 4) is 0 Å². The molecule has 2 rings (SSSR count). The van der Waals surface area contributed by atoms with Crippen molar-refractivity contribution in [2.45, 2.75) is 13.0 Å². The van der Waals surface area contributed by atoms with E-state index in [0.717, 1.165) is 16.5 Å². The average Bonchev–Trinajstić information content (AvgIpc) is 2.37. The van der Waals surface area contributed by atoms with Gasteiger partial charge in [-0.3, -0.25) is 0 Å². The number of nitrogens with zero attached hydrogens (tertiary/aromatic N) is 2.